The Morgan fingerprint density at radius 1 is 0.967 bits per heavy atom. The van der Waals surface area contributed by atoms with E-state index in [1.807, 2.05) is 37.3 Å². The molecule has 0 saturated carbocycles. The van der Waals surface area contributed by atoms with E-state index in [2.05, 4.69) is 5.32 Å². The van der Waals surface area contributed by atoms with Crippen LogP contribution in [-0.2, 0) is 30.2 Å². The molecule has 1 amide bonds. The lowest BCUT2D eigenvalue weighted by atomic mass is 10.1. The van der Waals surface area contributed by atoms with E-state index in [9.17, 15) is 14.4 Å². The maximum absolute atomic E-state index is 11.7. The van der Waals surface area contributed by atoms with Gasteiger partial charge in [0.15, 0.2) is 0 Å². The van der Waals surface area contributed by atoms with Crippen molar-refractivity contribution in [2.45, 2.75) is 39.0 Å². The Balaban J connectivity index is 2.09. The van der Waals surface area contributed by atoms with Crippen LogP contribution in [0.25, 0.3) is 0 Å². The largest absolute Gasteiger partial charge is 0.466 e. The number of nitrogens with one attached hydrogen (secondary N) is 2. The number of carbonyl (C=O) groups is 3. The van der Waals surface area contributed by atoms with Crippen LogP contribution in [0.4, 0.5) is 4.79 Å². The van der Waals surface area contributed by atoms with Crippen LogP contribution in [0.2, 0.25) is 0 Å². The lowest BCUT2D eigenvalue weighted by Gasteiger charge is -2.19. The van der Waals surface area contributed by atoms with Crippen molar-refractivity contribution in [2.24, 2.45) is 0 Å². The highest BCUT2D eigenvalue weighted by molar-refractivity contribution is 5.93. The molecule has 9 nitrogen and oxygen atoms in total. The van der Waals surface area contributed by atoms with Gasteiger partial charge in [0.1, 0.15) is 6.54 Å². The minimum absolute atomic E-state index is 0.0356. The SMILES string of the molecule is CCCCOC(=O)CN(C)C(=N)NC(=O)OCCCOC(=O)CCc1ccccc1. The summed E-state index contributed by atoms with van der Waals surface area (Å²) in [5.41, 5.74) is 1.07. The summed E-state index contributed by atoms with van der Waals surface area (Å²) in [6.07, 6.45) is 2.12. The Bertz CT molecular complexity index is 681. The lowest BCUT2D eigenvalue weighted by molar-refractivity contribution is -0.144. The van der Waals surface area contributed by atoms with E-state index in [4.69, 9.17) is 19.6 Å². The van der Waals surface area contributed by atoms with Crippen LogP contribution in [0.1, 0.15) is 38.2 Å². The van der Waals surface area contributed by atoms with Gasteiger partial charge in [-0.15, -0.1) is 0 Å². The van der Waals surface area contributed by atoms with Crippen molar-refractivity contribution in [1.29, 1.82) is 5.41 Å². The van der Waals surface area contributed by atoms with Gasteiger partial charge in [0, 0.05) is 19.9 Å². The van der Waals surface area contributed by atoms with Gasteiger partial charge in [-0.2, -0.15) is 0 Å². The normalized spacial score (nSPS) is 10.1. The molecule has 0 atom stereocenters. The number of esters is 2. The Kier molecular flexibility index (Phi) is 12.3. The van der Waals surface area contributed by atoms with Crippen LogP contribution in [0.15, 0.2) is 30.3 Å². The molecule has 0 unspecified atom stereocenters. The predicted molar refractivity (Wildman–Crippen MR) is 111 cm³/mol. The molecule has 0 spiro atoms. The number of rotatable bonds is 12. The quantitative estimate of drug-likeness (QED) is 0.175. The molecule has 166 valence electrons. The number of carbonyl (C=O) groups excluding carboxylic acids is 3. The van der Waals surface area contributed by atoms with Gasteiger partial charge < -0.3 is 19.1 Å². The van der Waals surface area contributed by atoms with Crippen molar-refractivity contribution < 1.29 is 28.6 Å². The van der Waals surface area contributed by atoms with Crippen LogP contribution in [-0.4, -0.2) is 62.3 Å². The molecule has 0 bridgehead atoms. The molecule has 30 heavy (non-hydrogen) atoms. The van der Waals surface area contributed by atoms with E-state index in [0.29, 0.717) is 19.4 Å². The van der Waals surface area contributed by atoms with Crippen molar-refractivity contribution >= 4 is 24.0 Å². The summed E-state index contributed by atoms with van der Waals surface area (Å²) >= 11 is 0. The fourth-order valence-corrected chi connectivity index (χ4v) is 2.25. The van der Waals surface area contributed by atoms with E-state index in [1.165, 1.54) is 11.9 Å². The number of ether oxygens (including phenoxy) is 3. The number of benzene rings is 1. The van der Waals surface area contributed by atoms with Crippen molar-refractivity contribution in [1.82, 2.24) is 10.2 Å². The van der Waals surface area contributed by atoms with Crippen molar-refractivity contribution in [2.75, 3.05) is 33.4 Å². The Morgan fingerprint density at radius 3 is 2.30 bits per heavy atom. The number of amides is 1. The molecule has 0 aromatic heterocycles. The van der Waals surface area contributed by atoms with E-state index in [1.54, 1.807) is 0 Å². The zero-order valence-corrected chi connectivity index (χ0v) is 17.6. The predicted octanol–water partition coefficient (Wildman–Crippen LogP) is 2.49. The minimum Gasteiger partial charge on any atom is -0.466 e. The third-order valence-electron chi connectivity index (χ3n) is 3.97. The first kappa shape index (κ1) is 24.9. The number of nitrogens with zero attached hydrogens (tertiary/aromatic N) is 1. The molecule has 0 aliphatic carbocycles. The number of hydrogen-bond donors (Lipinski definition) is 2. The topological polar surface area (TPSA) is 118 Å². The van der Waals surface area contributed by atoms with Crippen LogP contribution >= 0.6 is 0 Å². The van der Waals surface area contributed by atoms with Crippen molar-refractivity contribution in [3.8, 4) is 0 Å². The third-order valence-corrected chi connectivity index (χ3v) is 3.97. The molecule has 0 aliphatic rings. The Hall–Kier alpha value is -3.10. The summed E-state index contributed by atoms with van der Waals surface area (Å²) in [4.78, 5) is 36.2. The summed E-state index contributed by atoms with van der Waals surface area (Å²) < 4.78 is 15.0. The first-order valence-corrected chi connectivity index (χ1v) is 10.0. The third kappa shape index (κ3) is 11.7. The molecule has 0 aliphatic heterocycles. The number of likely N-dealkylation sites (N-methyl/N-ethyl adjacent to an activating group) is 1. The molecule has 0 fully saturated rings. The van der Waals surface area contributed by atoms with Crippen LogP contribution in [0.3, 0.4) is 0 Å². The molecular weight excluding hydrogens is 390 g/mol. The number of unbranched alkanes of at least 4 members (excludes halogenated alkanes) is 1. The second kappa shape index (κ2) is 14.8. The maximum atomic E-state index is 11.7. The average Bonchev–Trinajstić information content (AvgIpc) is 2.72. The highest BCUT2D eigenvalue weighted by Crippen LogP contribution is 2.03. The second-order valence-corrected chi connectivity index (χ2v) is 6.60. The summed E-state index contributed by atoms with van der Waals surface area (Å²) in [5.74, 6) is -1.06. The van der Waals surface area contributed by atoms with Gasteiger partial charge in [0.2, 0.25) is 5.96 Å². The number of guanidine groups is 1. The molecule has 0 heterocycles. The molecule has 0 saturated heterocycles. The maximum Gasteiger partial charge on any atom is 0.413 e. The van der Waals surface area contributed by atoms with Gasteiger partial charge in [-0.3, -0.25) is 20.3 Å². The molecule has 1 aromatic rings. The highest BCUT2D eigenvalue weighted by Gasteiger charge is 2.14. The van der Waals surface area contributed by atoms with Crippen LogP contribution < -0.4 is 5.32 Å². The van der Waals surface area contributed by atoms with E-state index in [-0.39, 0.29) is 38.1 Å². The zero-order valence-electron chi connectivity index (χ0n) is 17.6. The van der Waals surface area contributed by atoms with E-state index in [0.717, 1.165) is 18.4 Å². The molecule has 0 radical (unpaired) electrons. The van der Waals surface area contributed by atoms with Gasteiger partial charge in [0.05, 0.1) is 19.8 Å². The summed E-state index contributed by atoms with van der Waals surface area (Å²) in [6.45, 7) is 2.35. The van der Waals surface area contributed by atoms with Gasteiger partial charge >= 0.3 is 18.0 Å². The molecule has 9 heteroatoms. The Labute approximate surface area is 177 Å². The smallest absolute Gasteiger partial charge is 0.413 e. The highest BCUT2D eigenvalue weighted by atomic mass is 16.6. The first-order chi connectivity index (χ1) is 14.4. The summed E-state index contributed by atoms with van der Waals surface area (Å²) in [6, 6.07) is 9.65. The van der Waals surface area contributed by atoms with Gasteiger partial charge in [-0.05, 0) is 18.4 Å². The standard InChI is InChI=1S/C21H31N3O6/c1-3-4-13-29-19(26)16-24(2)20(22)23-21(27)30-15-8-14-28-18(25)12-11-17-9-6-5-7-10-17/h5-7,9-10H,3-4,8,11-16H2,1-2H3,(H2,22,23,27). The fourth-order valence-electron chi connectivity index (χ4n) is 2.25. The average molecular weight is 421 g/mol. The number of hydrogen-bond acceptors (Lipinski definition) is 7. The van der Waals surface area contributed by atoms with Crippen molar-refractivity contribution in [3.63, 3.8) is 0 Å². The van der Waals surface area contributed by atoms with E-state index < -0.39 is 12.1 Å². The molecule has 1 aromatic carbocycles. The van der Waals surface area contributed by atoms with E-state index >= 15 is 0 Å². The Morgan fingerprint density at radius 2 is 1.60 bits per heavy atom. The number of aryl methyl sites for hydroxylation is 1. The lowest BCUT2D eigenvalue weighted by Crippen LogP contribution is -2.44. The molecule has 2 N–H and O–H groups in total. The second-order valence-electron chi connectivity index (χ2n) is 6.60. The van der Waals surface area contributed by atoms with Crippen LogP contribution in [0, 0.1) is 5.41 Å². The van der Waals surface area contributed by atoms with Crippen molar-refractivity contribution in [3.05, 3.63) is 35.9 Å². The summed E-state index contributed by atoms with van der Waals surface area (Å²) in [5, 5.41) is 9.98. The zero-order chi connectivity index (χ0) is 22.2. The number of alkyl carbamates (subject to hydrolysis) is 1. The minimum atomic E-state index is -0.818. The van der Waals surface area contributed by atoms with Crippen LogP contribution in [0.5, 0.6) is 0 Å². The van der Waals surface area contributed by atoms with Gasteiger partial charge in [0.25, 0.3) is 0 Å². The summed E-state index contributed by atoms with van der Waals surface area (Å²) in [7, 11) is 1.48. The first-order valence-electron chi connectivity index (χ1n) is 10.0. The fraction of sp³-hybridized carbons (Fsp3) is 0.524. The van der Waals surface area contributed by atoms with Gasteiger partial charge in [-0.1, -0.05) is 43.7 Å². The molecular formula is C21H31N3O6. The van der Waals surface area contributed by atoms with Gasteiger partial charge in [-0.25, -0.2) is 4.79 Å². The molecule has 1 rings (SSSR count). The monoisotopic (exact) mass is 421 g/mol.